The third-order valence-electron chi connectivity index (χ3n) is 2.51. The Morgan fingerprint density at radius 2 is 1.89 bits per heavy atom. The lowest BCUT2D eigenvalue weighted by molar-refractivity contribution is -0.220. The first-order chi connectivity index (χ1) is 8.38. The molecule has 3 nitrogen and oxygen atoms in total. The molecular formula is C12H12F3NO2. The second-order valence-electron chi connectivity index (χ2n) is 3.75. The molecule has 1 N–H and O–H groups in total. The molecule has 2 unspecified atom stereocenters. The molecule has 0 aliphatic rings. The van der Waals surface area contributed by atoms with Crippen LogP contribution in [0.15, 0.2) is 24.3 Å². The second-order valence-corrected chi connectivity index (χ2v) is 3.75. The van der Waals surface area contributed by atoms with Gasteiger partial charge in [0.15, 0.2) is 6.10 Å². The highest BCUT2D eigenvalue weighted by molar-refractivity contribution is 5.32. The Bertz CT molecular complexity index is 422. The summed E-state index contributed by atoms with van der Waals surface area (Å²) in [5.41, 5.74) is 0.699. The van der Waals surface area contributed by atoms with Gasteiger partial charge in [-0.05, 0) is 17.7 Å². The number of nitriles is 1. The van der Waals surface area contributed by atoms with Gasteiger partial charge < -0.3 is 9.84 Å². The van der Waals surface area contributed by atoms with Crippen LogP contribution in [0.1, 0.15) is 23.7 Å². The van der Waals surface area contributed by atoms with Crippen LogP contribution in [0.5, 0.6) is 0 Å². The highest BCUT2D eigenvalue weighted by Gasteiger charge is 2.41. The molecule has 0 aromatic heterocycles. The minimum atomic E-state index is -4.51. The summed E-state index contributed by atoms with van der Waals surface area (Å²) < 4.78 is 41.6. The van der Waals surface area contributed by atoms with E-state index in [1.165, 1.54) is 24.3 Å². The van der Waals surface area contributed by atoms with Crippen LogP contribution in [0.3, 0.4) is 0 Å². The lowest BCUT2D eigenvalue weighted by atomic mass is 10.0. The van der Waals surface area contributed by atoms with Gasteiger partial charge in [0.2, 0.25) is 0 Å². The van der Waals surface area contributed by atoms with E-state index in [1.54, 1.807) is 0 Å². The highest BCUT2D eigenvalue weighted by Crippen LogP contribution is 2.30. The number of ether oxygens (including phenoxy) is 1. The van der Waals surface area contributed by atoms with Gasteiger partial charge >= 0.3 is 6.18 Å². The second kappa shape index (κ2) is 5.85. The smallest absolute Gasteiger partial charge is 0.388 e. The van der Waals surface area contributed by atoms with Crippen LogP contribution in [0.2, 0.25) is 0 Å². The fourth-order valence-corrected chi connectivity index (χ4v) is 1.48. The Morgan fingerprint density at radius 1 is 1.33 bits per heavy atom. The van der Waals surface area contributed by atoms with Gasteiger partial charge in [0, 0.05) is 13.5 Å². The maximum atomic E-state index is 12.4. The first kappa shape index (κ1) is 14.5. The summed E-state index contributed by atoms with van der Waals surface area (Å²) in [5.74, 6) is 0. The van der Waals surface area contributed by atoms with Crippen molar-refractivity contribution in [1.29, 1.82) is 5.26 Å². The molecule has 0 spiro atoms. The zero-order valence-electron chi connectivity index (χ0n) is 9.61. The summed E-state index contributed by atoms with van der Waals surface area (Å²) in [6.45, 7) is 0. The fraction of sp³-hybridized carbons (Fsp3) is 0.417. The van der Waals surface area contributed by atoms with Gasteiger partial charge in [-0.15, -0.1) is 0 Å². The monoisotopic (exact) mass is 259 g/mol. The molecule has 0 radical (unpaired) electrons. The van der Waals surface area contributed by atoms with Crippen molar-refractivity contribution < 1.29 is 23.0 Å². The van der Waals surface area contributed by atoms with E-state index in [2.05, 4.69) is 4.74 Å². The van der Waals surface area contributed by atoms with E-state index in [1.807, 2.05) is 6.07 Å². The molecule has 98 valence electrons. The summed E-state index contributed by atoms with van der Waals surface area (Å²) >= 11 is 0. The van der Waals surface area contributed by atoms with Crippen molar-refractivity contribution in [2.24, 2.45) is 0 Å². The maximum absolute atomic E-state index is 12.4. The van der Waals surface area contributed by atoms with Gasteiger partial charge in [0.1, 0.15) is 0 Å². The van der Waals surface area contributed by atoms with Crippen molar-refractivity contribution in [3.63, 3.8) is 0 Å². The van der Waals surface area contributed by atoms with Gasteiger partial charge in [-0.25, -0.2) is 0 Å². The first-order valence-electron chi connectivity index (χ1n) is 5.16. The fourth-order valence-electron chi connectivity index (χ4n) is 1.48. The summed E-state index contributed by atoms with van der Waals surface area (Å²) in [6, 6.07) is 7.61. The molecule has 1 aromatic rings. The molecule has 0 bridgehead atoms. The lowest BCUT2D eigenvalue weighted by Crippen LogP contribution is -2.32. The Balaban J connectivity index is 2.75. The van der Waals surface area contributed by atoms with Gasteiger partial charge in [-0.2, -0.15) is 18.4 Å². The van der Waals surface area contributed by atoms with Crippen molar-refractivity contribution in [3.8, 4) is 6.07 Å². The number of alkyl halides is 3. The lowest BCUT2D eigenvalue weighted by Gasteiger charge is -2.21. The molecule has 0 heterocycles. The Morgan fingerprint density at radius 3 is 2.28 bits per heavy atom. The van der Waals surface area contributed by atoms with Crippen molar-refractivity contribution in [2.45, 2.75) is 24.8 Å². The summed E-state index contributed by atoms with van der Waals surface area (Å²) in [4.78, 5) is 0. The van der Waals surface area contributed by atoms with E-state index in [0.29, 0.717) is 11.1 Å². The van der Waals surface area contributed by atoms with E-state index in [0.717, 1.165) is 7.11 Å². The van der Waals surface area contributed by atoms with Gasteiger partial charge in [-0.1, -0.05) is 12.1 Å². The van der Waals surface area contributed by atoms with Crippen molar-refractivity contribution in [2.75, 3.05) is 7.11 Å². The number of nitrogens with zero attached hydrogens (tertiary/aromatic N) is 1. The predicted molar refractivity (Wildman–Crippen MR) is 57.6 cm³/mol. The summed E-state index contributed by atoms with van der Waals surface area (Å²) in [5, 5.41) is 18.3. The standard InChI is InChI=1S/C12H12F3NO2/c1-18-11(12(13,14)15)6-10(17)9-4-2-8(7-16)3-5-9/h2-5,10-11,17H,6H2,1H3. The quantitative estimate of drug-likeness (QED) is 0.904. The van der Waals surface area contributed by atoms with Gasteiger partial charge in [0.25, 0.3) is 0 Å². The molecule has 0 aliphatic carbocycles. The minimum absolute atomic E-state index is 0.320. The summed E-state index contributed by atoms with van der Waals surface area (Å²) in [7, 11) is 0.948. The number of aliphatic hydroxyl groups is 1. The van der Waals surface area contributed by atoms with Crippen LogP contribution in [-0.2, 0) is 4.74 Å². The van der Waals surface area contributed by atoms with Crippen molar-refractivity contribution in [3.05, 3.63) is 35.4 Å². The van der Waals surface area contributed by atoms with Crippen LogP contribution in [0, 0.1) is 11.3 Å². The van der Waals surface area contributed by atoms with Crippen LogP contribution >= 0.6 is 0 Å². The minimum Gasteiger partial charge on any atom is -0.388 e. The molecule has 1 aromatic carbocycles. The molecule has 0 fully saturated rings. The molecule has 1 rings (SSSR count). The number of methoxy groups -OCH3 is 1. The number of aliphatic hydroxyl groups excluding tert-OH is 1. The molecule has 0 amide bonds. The highest BCUT2D eigenvalue weighted by atomic mass is 19.4. The zero-order valence-corrected chi connectivity index (χ0v) is 9.61. The van der Waals surface area contributed by atoms with E-state index in [4.69, 9.17) is 5.26 Å². The van der Waals surface area contributed by atoms with Gasteiger partial charge in [-0.3, -0.25) is 0 Å². The van der Waals surface area contributed by atoms with Crippen LogP contribution in [0.25, 0.3) is 0 Å². The molecule has 0 aliphatic heterocycles. The normalized spacial score (nSPS) is 14.9. The van der Waals surface area contributed by atoms with E-state index in [-0.39, 0.29) is 0 Å². The Labute approximate surface area is 102 Å². The van der Waals surface area contributed by atoms with E-state index >= 15 is 0 Å². The third kappa shape index (κ3) is 3.72. The third-order valence-corrected chi connectivity index (χ3v) is 2.51. The molecule has 0 saturated carbocycles. The Kier molecular flexibility index (Phi) is 4.70. The average Bonchev–Trinajstić information content (AvgIpc) is 2.34. The number of rotatable bonds is 4. The van der Waals surface area contributed by atoms with E-state index in [9.17, 15) is 18.3 Å². The van der Waals surface area contributed by atoms with Crippen molar-refractivity contribution in [1.82, 2.24) is 0 Å². The zero-order chi connectivity index (χ0) is 13.8. The number of hydrogen-bond donors (Lipinski definition) is 1. The molecule has 0 saturated heterocycles. The van der Waals surface area contributed by atoms with Crippen LogP contribution < -0.4 is 0 Å². The van der Waals surface area contributed by atoms with Crippen molar-refractivity contribution >= 4 is 0 Å². The summed E-state index contributed by atoms with van der Waals surface area (Å²) in [6.07, 6.45) is -8.39. The van der Waals surface area contributed by atoms with Crippen LogP contribution in [-0.4, -0.2) is 24.5 Å². The Hall–Kier alpha value is -1.58. The van der Waals surface area contributed by atoms with Gasteiger partial charge in [0.05, 0.1) is 17.7 Å². The number of hydrogen-bond acceptors (Lipinski definition) is 3. The number of halogens is 3. The molecular weight excluding hydrogens is 247 g/mol. The predicted octanol–water partition coefficient (Wildman–Crippen LogP) is 2.56. The molecule has 6 heteroatoms. The SMILES string of the molecule is COC(CC(O)c1ccc(C#N)cc1)C(F)(F)F. The van der Waals surface area contributed by atoms with E-state index < -0.39 is 24.8 Å². The first-order valence-corrected chi connectivity index (χ1v) is 5.16. The molecule has 2 atom stereocenters. The topological polar surface area (TPSA) is 53.2 Å². The maximum Gasteiger partial charge on any atom is 0.414 e. The molecule has 18 heavy (non-hydrogen) atoms. The number of benzene rings is 1. The average molecular weight is 259 g/mol. The largest absolute Gasteiger partial charge is 0.414 e. The van der Waals surface area contributed by atoms with Crippen LogP contribution in [0.4, 0.5) is 13.2 Å².